The van der Waals surface area contributed by atoms with Crippen molar-refractivity contribution in [3.05, 3.63) is 28.5 Å². The Morgan fingerprint density at radius 2 is 2.00 bits per heavy atom. The molecule has 1 aromatic rings. The van der Waals surface area contributed by atoms with Gasteiger partial charge in [-0.15, -0.1) is 0 Å². The van der Waals surface area contributed by atoms with Gasteiger partial charge in [-0.3, -0.25) is 9.59 Å². The quantitative estimate of drug-likeness (QED) is 0.844. The van der Waals surface area contributed by atoms with Crippen LogP contribution in [0.3, 0.4) is 0 Å². The predicted octanol–water partition coefficient (Wildman–Crippen LogP) is 1.39. The van der Waals surface area contributed by atoms with E-state index in [-0.39, 0.29) is 18.4 Å². The van der Waals surface area contributed by atoms with E-state index in [9.17, 15) is 9.59 Å². The summed E-state index contributed by atoms with van der Waals surface area (Å²) in [4.78, 5) is 30.7. The Balaban J connectivity index is 2.79. The fourth-order valence-corrected chi connectivity index (χ4v) is 1.53. The van der Waals surface area contributed by atoms with Crippen LogP contribution in [0.25, 0.3) is 0 Å². The summed E-state index contributed by atoms with van der Waals surface area (Å²) in [6.45, 7) is 2.37. The first-order valence-electron chi connectivity index (χ1n) is 5.56. The van der Waals surface area contributed by atoms with Crippen molar-refractivity contribution in [2.75, 3.05) is 27.2 Å². The average Bonchev–Trinajstić information content (AvgIpc) is 2.35. The minimum absolute atomic E-state index is 0.0695. The molecule has 0 radical (unpaired) electrons. The molecule has 0 aliphatic carbocycles. The number of halogens is 1. The number of likely N-dealkylation sites (N-methyl/N-ethyl adjacent to an activating group) is 2. The van der Waals surface area contributed by atoms with Crippen molar-refractivity contribution in [1.82, 2.24) is 14.8 Å². The zero-order valence-electron chi connectivity index (χ0n) is 10.7. The van der Waals surface area contributed by atoms with Gasteiger partial charge in [-0.05, 0) is 35.0 Å². The van der Waals surface area contributed by atoms with E-state index < -0.39 is 0 Å². The van der Waals surface area contributed by atoms with Crippen LogP contribution in [0, 0.1) is 0 Å². The summed E-state index contributed by atoms with van der Waals surface area (Å²) in [7, 11) is 3.33. The van der Waals surface area contributed by atoms with Crippen LogP contribution in [0.2, 0.25) is 0 Å². The zero-order valence-corrected chi connectivity index (χ0v) is 12.3. The van der Waals surface area contributed by atoms with Gasteiger partial charge in [0.05, 0.1) is 0 Å². The van der Waals surface area contributed by atoms with Crippen LogP contribution in [0.15, 0.2) is 22.8 Å². The SMILES string of the molecule is CCN(CC(=O)N(C)C)C(=O)c1ccc(Br)cn1. The number of nitrogens with zero attached hydrogens (tertiary/aromatic N) is 3. The first-order chi connectivity index (χ1) is 8.45. The summed E-state index contributed by atoms with van der Waals surface area (Å²) in [5.74, 6) is -0.345. The maximum absolute atomic E-state index is 12.1. The van der Waals surface area contributed by atoms with Gasteiger partial charge in [0, 0.05) is 31.3 Å². The van der Waals surface area contributed by atoms with Gasteiger partial charge < -0.3 is 9.80 Å². The molecule has 0 N–H and O–H groups in total. The number of aromatic nitrogens is 1. The molecule has 0 bridgehead atoms. The molecule has 1 rings (SSSR count). The number of rotatable bonds is 4. The van der Waals surface area contributed by atoms with Crippen LogP contribution in [-0.2, 0) is 4.79 Å². The Morgan fingerprint density at radius 3 is 2.44 bits per heavy atom. The van der Waals surface area contributed by atoms with Gasteiger partial charge in [0.15, 0.2) is 0 Å². The zero-order chi connectivity index (χ0) is 13.7. The second kappa shape index (κ2) is 6.49. The van der Waals surface area contributed by atoms with E-state index >= 15 is 0 Å². The molecule has 0 atom stereocenters. The molecule has 2 amide bonds. The van der Waals surface area contributed by atoms with Crippen molar-refractivity contribution in [3.63, 3.8) is 0 Å². The third kappa shape index (κ3) is 3.80. The largest absolute Gasteiger partial charge is 0.347 e. The van der Waals surface area contributed by atoms with Crippen molar-refractivity contribution >= 4 is 27.7 Å². The first kappa shape index (κ1) is 14.6. The van der Waals surface area contributed by atoms with E-state index in [1.807, 2.05) is 6.92 Å². The molecule has 0 aliphatic heterocycles. The van der Waals surface area contributed by atoms with Gasteiger partial charge in [0.1, 0.15) is 12.2 Å². The summed E-state index contributed by atoms with van der Waals surface area (Å²) < 4.78 is 0.812. The maximum Gasteiger partial charge on any atom is 0.272 e. The molecule has 0 spiro atoms. The standard InChI is InChI=1S/C12H16BrN3O2/c1-4-16(8-11(17)15(2)3)12(18)10-6-5-9(13)7-14-10/h5-7H,4,8H2,1-3H3. The number of carbonyl (C=O) groups is 2. The molecule has 98 valence electrons. The van der Waals surface area contributed by atoms with Crippen molar-refractivity contribution in [3.8, 4) is 0 Å². The number of carbonyl (C=O) groups excluding carboxylic acids is 2. The predicted molar refractivity (Wildman–Crippen MR) is 72.2 cm³/mol. The fraction of sp³-hybridized carbons (Fsp3) is 0.417. The molecular weight excluding hydrogens is 298 g/mol. The number of hydrogen-bond donors (Lipinski definition) is 0. The monoisotopic (exact) mass is 313 g/mol. The van der Waals surface area contributed by atoms with Crippen LogP contribution >= 0.6 is 15.9 Å². The highest BCUT2D eigenvalue weighted by molar-refractivity contribution is 9.10. The number of hydrogen-bond acceptors (Lipinski definition) is 3. The first-order valence-corrected chi connectivity index (χ1v) is 6.36. The topological polar surface area (TPSA) is 53.5 Å². The van der Waals surface area contributed by atoms with Crippen molar-refractivity contribution in [2.45, 2.75) is 6.92 Å². The van der Waals surface area contributed by atoms with Gasteiger partial charge >= 0.3 is 0 Å². The highest BCUT2D eigenvalue weighted by Crippen LogP contribution is 2.09. The molecule has 0 unspecified atom stereocenters. The normalized spacial score (nSPS) is 10.0. The van der Waals surface area contributed by atoms with Crippen LogP contribution in [0.1, 0.15) is 17.4 Å². The lowest BCUT2D eigenvalue weighted by Crippen LogP contribution is -2.40. The number of pyridine rings is 1. The summed E-state index contributed by atoms with van der Waals surface area (Å²) >= 11 is 3.26. The molecule has 1 heterocycles. The highest BCUT2D eigenvalue weighted by atomic mass is 79.9. The maximum atomic E-state index is 12.1. The lowest BCUT2D eigenvalue weighted by atomic mass is 10.3. The summed E-state index contributed by atoms with van der Waals surface area (Å²) in [6, 6.07) is 3.39. The van der Waals surface area contributed by atoms with E-state index in [1.165, 1.54) is 9.80 Å². The minimum atomic E-state index is -0.236. The Bertz CT molecular complexity index is 431. The molecule has 0 aromatic carbocycles. The lowest BCUT2D eigenvalue weighted by Gasteiger charge is -2.21. The number of amides is 2. The Hall–Kier alpha value is -1.43. The second-order valence-electron chi connectivity index (χ2n) is 3.97. The summed E-state index contributed by atoms with van der Waals surface area (Å²) in [5.41, 5.74) is 0.339. The molecule has 0 fully saturated rings. The van der Waals surface area contributed by atoms with E-state index in [0.717, 1.165) is 4.47 Å². The molecule has 5 nitrogen and oxygen atoms in total. The van der Waals surface area contributed by atoms with Gasteiger partial charge in [-0.1, -0.05) is 0 Å². The van der Waals surface area contributed by atoms with Crippen LogP contribution in [-0.4, -0.2) is 53.8 Å². The van der Waals surface area contributed by atoms with Gasteiger partial charge in [0.2, 0.25) is 5.91 Å². The van der Waals surface area contributed by atoms with E-state index in [0.29, 0.717) is 12.2 Å². The van der Waals surface area contributed by atoms with Gasteiger partial charge in [-0.2, -0.15) is 0 Å². The molecule has 0 aliphatic rings. The van der Waals surface area contributed by atoms with E-state index in [4.69, 9.17) is 0 Å². The Labute approximate surface area is 115 Å². The average molecular weight is 314 g/mol. The van der Waals surface area contributed by atoms with Gasteiger partial charge in [0.25, 0.3) is 5.91 Å². The highest BCUT2D eigenvalue weighted by Gasteiger charge is 2.18. The fourth-order valence-electron chi connectivity index (χ4n) is 1.30. The van der Waals surface area contributed by atoms with Crippen molar-refractivity contribution in [2.24, 2.45) is 0 Å². The van der Waals surface area contributed by atoms with Crippen LogP contribution < -0.4 is 0 Å². The molecule has 18 heavy (non-hydrogen) atoms. The lowest BCUT2D eigenvalue weighted by molar-refractivity contribution is -0.129. The third-order valence-electron chi connectivity index (χ3n) is 2.44. The van der Waals surface area contributed by atoms with Gasteiger partial charge in [-0.25, -0.2) is 4.98 Å². The third-order valence-corrected chi connectivity index (χ3v) is 2.91. The molecule has 1 aromatic heterocycles. The van der Waals surface area contributed by atoms with Crippen molar-refractivity contribution in [1.29, 1.82) is 0 Å². The van der Waals surface area contributed by atoms with E-state index in [2.05, 4.69) is 20.9 Å². The second-order valence-corrected chi connectivity index (χ2v) is 4.88. The minimum Gasteiger partial charge on any atom is -0.347 e. The van der Waals surface area contributed by atoms with E-state index in [1.54, 1.807) is 32.4 Å². The van der Waals surface area contributed by atoms with Crippen molar-refractivity contribution < 1.29 is 9.59 Å². The molecule has 0 saturated carbocycles. The van der Waals surface area contributed by atoms with Crippen LogP contribution in [0.5, 0.6) is 0 Å². The Kier molecular flexibility index (Phi) is 5.27. The summed E-state index contributed by atoms with van der Waals surface area (Å²) in [6.07, 6.45) is 1.56. The van der Waals surface area contributed by atoms with Crippen LogP contribution in [0.4, 0.5) is 0 Å². The molecular formula is C12H16BrN3O2. The molecule has 6 heteroatoms. The molecule has 0 saturated heterocycles. The Morgan fingerprint density at radius 1 is 1.33 bits per heavy atom. The summed E-state index contributed by atoms with van der Waals surface area (Å²) in [5, 5.41) is 0. The smallest absolute Gasteiger partial charge is 0.272 e.